The summed E-state index contributed by atoms with van der Waals surface area (Å²) < 4.78 is 0. The van der Waals surface area contributed by atoms with Crippen molar-refractivity contribution in [1.29, 1.82) is 0 Å². The Morgan fingerprint density at radius 3 is 0.932 bits per heavy atom. The van der Waals surface area contributed by atoms with Crippen LogP contribution in [-0.2, 0) is 19.5 Å². The molecule has 240 valence electrons. The Kier molecular flexibility index (Phi) is 26.2. The van der Waals surface area contributed by atoms with Gasteiger partial charge in [-0.3, -0.25) is 0 Å². The molecule has 44 heavy (non-hydrogen) atoms. The number of alkyl halides is 2. The first-order valence-electron chi connectivity index (χ1n) is 14.5. The molecule has 0 spiro atoms. The van der Waals surface area contributed by atoms with E-state index < -0.39 is 0 Å². The monoisotopic (exact) mass is 796 g/mol. The van der Waals surface area contributed by atoms with Crippen molar-refractivity contribution in [2.75, 3.05) is 17.7 Å². The Balaban J connectivity index is 0.00000113. The molecule has 0 bridgehead atoms. The molecule has 1 aliphatic carbocycles. The minimum Gasteiger partial charge on any atom is -1.00 e. The summed E-state index contributed by atoms with van der Waals surface area (Å²) in [5.74, 6) is 0. The van der Waals surface area contributed by atoms with Gasteiger partial charge in [0.05, 0.1) is 5.34 Å². The van der Waals surface area contributed by atoms with Gasteiger partial charge in [-0.05, 0) is 75.1 Å². The molecule has 4 aromatic rings. The van der Waals surface area contributed by atoms with Crippen molar-refractivity contribution in [2.45, 2.75) is 50.6 Å². The molecule has 4 N–H and O–H groups in total. The summed E-state index contributed by atoms with van der Waals surface area (Å²) in [6, 6.07) is 44.9. The van der Waals surface area contributed by atoms with Gasteiger partial charge < -0.3 is 36.3 Å². The van der Waals surface area contributed by atoms with E-state index in [4.69, 9.17) is 34.7 Å². The number of hydrogen-bond acceptors (Lipinski definition) is 2. The molecule has 1 aliphatic rings. The molecule has 0 amide bonds. The van der Waals surface area contributed by atoms with Crippen LogP contribution in [-0.4, -0.2) is 29.7 Å². The van der Waals surface area contributed by atoms with E-state index in [1.54, 1.807) is 0 Å². The van der Waals surface area contributed by atoms with Gasteiger partial charge in [-0.25, -0.2) is 0 Å². The second-order valence-electron chi connectivity index (χ2n) is 10.1. The van der Waals surface area contributed by atoms with Crippen LogP contribution < -0.4 is 57.5 Å². The standard InChI is InChI=1S/C28H28P2.C6H14N2.CH2Cl2.2ClH.Ru/c1-5-15-25(16-6-1)29(26-17-7-2-8-18-26)23-13-14-24-30(27-19-9-3-10-20-27)28-21-11-4-12-22-28;7-5-3-1-2-4-6(5)8;2-1-3;;;/h1-12,15-22H,13-14,23-24H2;5-6H,1-4,7-8H2;1H2;2*1H;/q;;;;;+2/p-2/t;5-,6-;;;;/m.1..../s1. The van der Waals surface area contributed by atoms with Crippen LogP contribution in [0.25, 0.3) is 0 Å². The molecule has 0 saturated heterocycles. The molecule has 2 atom stereocenters. The molecule has 2 nitrogen and oxygen atoms in total. The number of benzene rings is 4. The summed E-state index contributed by atoms with van der Waals surface area (Å²) in [6.07, 6.45) is 9.86. The molecule has 9 heteroatoms. The molecular formula is C35H44Cl4N2P2Ru. The van der Waals surface area contributed by atoms with Crippen LogP contribution in [0, 0.1) is 0 Å². The van der Waals surface area contributed by atoms with Crippen molar-refractivity contribution >= 4 is 60.3 Å². The molecule has 1 fully saturated rings. The zero-order valence-electron chi connectivity index (χ0n) is 25.0. The largest absolute Gasteiger partial charge is 2.00 e. The fourth-order valence-corrected chi connectivity index (χ4v) is 9.81. The number of hydrogen-bond donors (Lipinski definition) is 2. The van der Waals surface area contributed by atoms with Crippen LogP contribution in [0.15, 0.2) is 121 Å². The average molecular weight is 798 g/mol. The van der Waals surface area contributed by atoms with Crippen molar-refractivity contribution in [2.24, 2.45) is 11.5 Å². The predicted molar refractivity (Wildman–Crippen MR) is 188 cm³/mol. The van der Waals surface area contributed by atoms with Gasteiger partial charge in [0.2, 0.25) is 0 Å². The smallest absolute Gasteiger partial charge is 1.00 e. The van der Waals surface area contributed by atoms with Crippen molar-refractivity contribution in [3.63, 3.8) is 0 Å². The summed E-state index contributed by atoms with van der Waals surface area (Å²) in [5.41, 5.74) is 11.3. The number of rotatable bonds is 9. The Labute approximate surface area is 303 Å². The molecular weight excluding hydrogens is 753 g/mol. The third kappa shape index (κ3) is 15.8. The van der Waals surface area contributed by atoms with Gasteiger partial charge in [0.25, 0.3) is 0 Å². The third-order valence-electron chi connectivity index (χ3n) is 7.16. The normalized spacial score (nSPS) is 15.2. The fraction of sp³-hybridized carbons (Fsp3) is 0.314. The molecule has 0 heterocycles. The fourth-order valence-electron chi connectivity index (χ4n) is 4.97. The van der Waals surface area contributed by atoms with Crippen LogP contribution in [0.1, 0.15) is 38.5 Å². The summed E-state index contributed by atoms with van der Waals surface area (Å²) in [4.78, 5) is 0. The maximum absolute atomic E-state index is 5.65. The molecule has 4 aromatic carbocycles. The van der Waals surface area contributed by atoms with E-state index >= 15 is 0 Å². The Morgan fingerprint density at radius 1 is 0.500 bits per heavy atom. The average Bonchev–Trinajstić information content (AvgIpc) is 3.03. The Hall–Kier alpha value is -0.557. The van der Waals surface area contributed by atoms with Crippen molar-refractivity contribution < 1.29 is 44.3 Å². The quantitative estimate of drug-likeness (QED) is 0.117. The van der Waals surface area contributed by atoms with E-state index in [-0.39, 0.29) is 77.6 Å². The maximum atomic E-state index is 5.65. The van der Waals surface area contributed by atoms with E-state index in [9.17, 15) is 0 Å². The zero-order valence-corrected chi connectivity index (χ0v) is 31.5. The van der Waals surface area contributed by atoms with Crippen LogP contribution in [0.5, 0.6) is 0 Å². The van der Waals surface area contributed by atoms with Gasteiger partial charge in [0.15, 0.2) is 0 Å². The van der Waals surface area contributed by atoms with E-state index in [0.29, 0.717) is 0 Å². The van der Waals surface area contributed by atoms with Crippen molar-refractivity contribution in [3.8, 4) is 0 Å². The van der Waals surface area contributed by atoms with E-state index in [1.807, 2.05) is 0 Å². The first-order chi connectivity index (χ1) is 20.1. The summed E-state index contributed by atoms with van der Waals surface area (Å²) in [6.45, 7) is 0. The zero-order chi connectivity index (χ0) is 29.1. The van der Waals surface area contributed by atoms with Gasteiger partial charge in [-0.1, -0.05) is 134 Å². The maximum Gasteiger partial charge on any atom is 2.00 e. The topological polar surface area (TPSA) is 52.0 Å². The van der Waals surface area contributed by atoms with Crippen molar-refractivity contribution in [3.05, 3.63) is 121 Å². The first-order valence-corrected chi connectivity index (χ1v) is 18.6. The number of nitrogens with two attached hydrogens (primary N) is 2. The van der Waals surface area contributed by atoms with E-state index in [0.717, 1.165) is 12.8 Å². The summed E-state index contributed by atoms with van der Waals surface area (Å²) in [5, 5.41) is 6.17. The molecule has 1 saturated carbocycles. The van der Waals surface area contributed by atoms with E-state index in [1.165, 1.54) is 59.2 Å². The summed E-state index contributed by atoms with van der Waals surface area (Å²) >= 11 is 9.53. The SMILES string of the molecule is ClCCl.N[C@@H]1CCCC[C@H]1N.[Cl-].[Cl-].[Ru+2].c1ccc(P(CCCCP(c2ccccc2)c2ccccc2)c2ccccc2)cc1. The Bertz CT molecular complexity index is 1020. The first kappa shape index (κ1) is 43.4. The summed E-state index contributed by atoms with van der Waals surface area (Å²) in [7, 11) is -0.566. The van der Waals surface area contributed by atoms with Crippen LogP contribution in [0.4, 0.5) is 0 Å². The molecule has 0 aliphatic heterocycles. The van der Waals surface area contributed by atoms with Gasteiger partial charge >= 0.3 is 19.5 Å². The van der Waals surface area contributed by atoms with Crippen LogP contribution in [0.2, 0.25) is 0 Å². The van der Waals surface area contributed by atoms with Gasteiger partial charge in [-0.2, -0.15) is 0 Å². The minimum absolute atomic E-state index is 0. The third-order valence-corrected chi connectivity index (χ3v) is 12.4. The van der Waals surface area contributed by atoms with Crippen molar-refractivity contribution in [1.82, 2.24) is 0 Å². The number of unbranched alkanes of at least 4 members (excludes halogenated alkanes) is 1. The van der Waals surface area contributed by atoms with Gasteiger partial charge in [-0.15, -0.1) is 23.2 Å². The second-order valence-corrected chi connectivity index (χ2v) is 15.5. The van der Waals surface area contributed by atoms with Gasteiger partial charge in [0, 0.05) is 12.1 Å². The molecule has 0 radical (unpaired) electrons. The second kappa shape index (κ2) is 26.5. The van der Waals surface area contributed by atoms with Crippen LogP contribution in [0.3, 0.4) is 0 Å². The molecule has 0 aromatic heterocycles. The minimum atomic E-state index is -0.283. The van der Waals surface area contributed by atoms with Crippen LogP contribution >= 0.6 is 39.0 Å². The number of halogens is 4. The predicted octanol–water partition coefficient (Wildman–Crippen LogP) is 1.67. The Morgan fingerprint density at radius 2 is 0.727 bits per heavy atom. The van der Waals surface area contributed by atoms with Gasteiger partial charge in [0.1, 0.15) is 0 Å². The molecule has 5 rings (SSSR count). The van der Waals surface area contributed by atoms with E-state index in [2.05, 4.69) is 121 Å². The molecule has 0 unspecified atom stereocenters.